The van der Waals surface area contributed by atoms with Gasteiger partial charge in [-0.25, -0.2) is 0 Å². The fourth-order valence-corrected chi connectivity index (χ4v) is 0.911. The second-order valence-corrected chi connectivity index (χ2v) is 3.01. The summed E-state index contributed by atoms with van der Waals surface area (Å²) >= 11 is 0. The highest BCUT2D eigenvalue weighted by molar-refractivity contribution is 4.82. The van der Waals surface area contributed by atoms with Crippen LogP contribution in [0, 0.1) is 5.92 Å². The lowest BCUT2D eigenvalue weighted by molar-refractivity contribution is 0.0151. The fourth-order valence-electron chi connectivity index (χ4n) is 0.911. The third-order valence-electron chi connectivity index (χ3n) is 1.85. The molecule has 0 aliphatic heterocycles. The molecule has 0 spiro atoms. The molecule has 0 radical (unpaired) electrons. The van der Waals surface area contributed by atoms with Crippen molar-refractivity contribution in [3.63, 3.8) is 0 Å². The Morgan fingerprint density at radius 1 is 1.50 bits per heavy atom. The van der Waals surface area contributed by atoms with Gasteiger partial charge in [-0.1, -0.05) is 13.0 Å². The SMILES string of the molecule is C=C[C@@H](C)[C@H](O)C[C@@H](O)COC. The van der Waals surface area contributed by atoms with E-state index in [1.165, 1.54) is 7.11 Å². The van der Waals surface area contributed by atoms with Crippen LogP contribution in [0.5, 0.6) is 0 Å². The minimum Gasteiger partial charge on any atom is -0.392 e. The van der Waals surface area contributed by atoms with Crippen molar-refractivity contribution in [2.75, 3.05) is 13.7 Å². The van der Waals surface area contributed by atoms with Gasteiger partial charge in [0.25, 0.3) is 0 Å². The van der Waals surface area contributed by atoms with E-state index in [2.05, 4.69) is 6.58 Å². The van der Waals surface area contributed by atoms with E-state index in [1.54, 1.807) is 6.08 Å². The Balaban J connectivity index is 3.66. The third kappa shape index (κ3) is 4.49. The van der Waals surface area contributed by atoms with Crippen molar-refractivity contribution in [3.8, 4) is 0 Å². The van der Waals surface area contributed by atoms with Crippen LogP contribution in [0.4, 0.5) is 0 Å². The van der Waals surface area contributed by atoms with Gasteiger partial charge in [-0.3, -0.25) is 0 Å². The predicted octanol–water partition coefficient (Wildman–Crippen LogP) is 0.567. The number of aliphatic hydroxyl groups is 2. The second kappa shape index (κ2) is 6.17. The van der Waals surface area contributed by atoms with Gasteiger partial charge in [-0.2, -0.15) is 0 Å². The zero-order chi connectivity index (χ0) is 9.56. The summed E-state index contributed by atoms with van der Waals surface area (Å²) < 4.78 is 4.73. The van der Waals surface area contributed by atoms with Gasteiger partial charge < -0.3 is 14.9 Å². The number of aliphatic hydroxyl groups excluding tert-OH is 2. The van der Waals surface area contributed by atoms with Crippen LogP contribution in [0.25, 0.3) is 0 Å². The maximum Gasteiger partial charge on any atom is 0.0798 e. The van der Waals surface area contributed by atoms with Crippen LogP contribution in [0.15, 0.2) is 12.7 Å². The third-order valence-corrected chi connectivity index (χ3v) is 1.85. The van der Waals surface area contributed by atoms with E-state index in [0.717, 1.165) is 0 Å². The summed E-state index contributed by atoms with van der Waals surface area (Å²) in [4.78, 5) is 0. The fraction of sp³-hybridized carbons (Fsp3) is 0.778. The Hall–Kier alpha value is -0.380. The summed E-state index contributed by atoms with van der Waals surface area (Å²) in [7, 11) is 1.52. The molecule has 0 unspecified atom stereocenters. The van der Waals surface area contributed by atoms with Crippen molar-refractivity contribution in [2.24, 2.45) is 5.92 Å². The van der Waals surface area contributed by atoms with Crippen molar-refractivity contribution in [1.82, 2.24) is 0 Å². The van der Waals surface area contributed by atoms with Crippen molar-refractivity contribution in [3.05, 3.63) is 12.7 Å². The second-order valence-electron chi connectivity index (χ2n) is 3.01. The first-order chi connectivity index (χ1) is 5.61. The van der Waals surface area contributed by atoms with Crippen LogP contribution in [0.3, 0.4) is 0 Å². The summed E-state index contributed by atoms with van der Waals surface area (Å²) in [5.74, 6) is 0.0107. The highest BCUT2D eigenvalue weighted by Crippen LogP contribution is 2.10. The summed E-state index contributed by atoms with van der Waals surface area (Å²) in [5.41, 5.74) is 0. The molecule has 12 heavy (non-hydrogen) atoms. The van der Waals surface area contributed by atoms with Gasteiger partial charge in [0.1, 0.15) is 0 Å². The van der Waals surface area contributed by atoms with Crippen molar-refractivity contribution in [2.45, 2.75) is 25.6 Å². The smallest absolute Gasteiger partial charge is 0.0798 e. The van der Waals surface area contributed by atoms with Gasteiger partial charge in [-0.15, -0.1) is 6.58 Å². The maximum absolute atomic E-state index is 9.43. The monoisotopic (exact) mass is 174 g/mol. The Kier molecular flexibility index (Phi) is 5.98. The first-order valence-electron chi connectivity index (χ1n) is 4.09. The molecule has 0 saturated carbocycles. The Bertz CT molecular complexity index is 125. The minimum absolute atomic E-state index is 0.0107. The molecule has 0 aliphatic rings. The molecule has 0 fully saturated rings. The van der Waals surface area contributed by atoms with Crippen LogP contribution < -0.4 is 0 Å². The van der Waals surface area contributed by atoms with E-state index in [4.69, 9.17) is 4.74 Å². The van der Waals surface area contributed by atoms with Gasteiger partial charge >= 0.3 is 0 Å². The molecule has 0 saturated heterocycles. The maximum atomic E-state index is 9.43. The van der Waals surface area contributed by atoms with Crippen LogP contribution in [-0.2, 0) is 4.74 Å². The van der Waals surface area contributed by atoms with E-state index in [1.807, 2.05) is 6.92 Å². The van der Waals surface area contributed by atoms with E-state index < -0.39 is 12.2 Å². The first kappa shape index (κ1) is 11.6. The Labute approximate surface area is 73.7 Å². The zero-order valence-electron chi connectivity index (χ0n) is 7.73. The number of rotatable bonds is 6. The topological polar surface area (TPSA) is 49.7 Å². The van der Waals surface area contributed by atoms with Crippen LogP contribution >= 0.6 is 0 Å². The molecule has 3 heteroatoms. The lowest BCUT2D eigenvalue weighted by Crippen LogP contribution is -2.25. The highest BCUT2D eigenvalue weighted by atomic mass is 16.5. The average molecular weight is 174 g/mol. The molecule has 0 aromatic rings. The molecular weight excluding hydrogens is 156 g/mol. The summed E-state index contributed by atoms with van der Waals surface area (Å²) in [5, 5.41) is 18.7. The molecule has 0 aliphatic carbocycles. The standard InChI is InChI=1S/C9H18O3/c1-4-7(2)9(11)5-8(10)6-12-3/h4,7-11H,1,5-6H2,2-3H3/t7-,8-,9-/m1/s1. The number of hydrogen-bond donors (Lipinski definition) is 2. The zero-order valence-corrected chi connectivity index (χ0v) is 7.73. The quantitative estimate of drug-likeness (QED) is 0.579. The van der Waals surface area contributed by atoms with Gasteiger partial charge in [0.15, 0.2) is 0 Å². The van der Waals surface area contributed by atoms with E-state index in [9.17, 15) is 10.2 Å². The molecule has 72 valence electrons. The molecule has 0 aromatic carbocycles. The lowest BCUT2D eigenvalue weighted by Gasteiger charge is -2.18. The van der Waals surface area contributed by atoms with Crippen LogP contribution in [-0.4, -0.2) is 36.1 Å². The van der Waals surface area contributed by atoms with Gasteiger partial charge in [0.2, 0.25) is 0 Å². The molecule has 0 rings (SSSR count). The normalized spacial score (nSPS) is 18.3. The first-order valence-corrected chi connectivity index (χ1v) is 4.09. The molecule has 0 bridgehead atoms. The molecule has 0 amide bonds. The van der Waals surface area contributed by atoms with E-state index in [0.29, 0.717) is 6.42 Å². The molecule has 3 nitrogen and oxygen atoms in total. The van der Waals surface area contributed by atoms with Crippen LogP contribution in [0.1, 0.15) is 13.3 Å². The highest BCUT2D eigenvalue weighted by Gasteiger charge is 2.15. The van der Waals surface area contributed by atoms with Crippen LogP contribution in [0.2, 0.25) is 0 Å². The Morgan fingerprint density at radius 2 is 2.08 bits per heavy atom. The van der Waals surface area contributed by atoms with Gasteiger partial charge in [0.05, 0.1) is 18.8 Å². The molecular formula is C9H18O3. The van der Waals surface area contributed by atoms with Gasteiger partial charge in [0, 0.05) is 13.5 Å². The molecule has 3 atom stereocenters. The van der Waals surface area contributed by atoms with E-state index >= 15 is 0 Å². The minimum atomic E-state index is -0.590. The number of ether oxygens (including phenoxy) is 1. The number of hydrogen-bond acceptors (Lipinski definition) is 3. The predicted molar refractivity (Wildman–Crippen MR) is 47.9 cm³/mol. The summed E-state index contributed by atoms with van der Waals surface area (Å²) in [6, 6.07) is 0. The molecule has 0 heterocycles. The summed E-state index contributed by atoms with van der Waals surface area (Å²) in [6.07, 6.45) is 0.880. The van der Waals surface area contributed by atoms with Crippen molar-refractivity contribution >= 4 is 0 Å². The van der Waals surface area contributed by atoms with E-state index in [-0.39, 0.29) is 12.5 Å². The average Bonchev–Trinajstić information content (AvgIpc) is 2.03. The summed E-state index contributed by atoms with van der Waals surface area (Å²) in [6.45, 7) is 5.69. The number of methoxy groups -OCH3 is 1. The van der Waals surface area contributed by atoms with Crippen molar-refractivity contribution in [1.29, 1.82) is 0 Å². The lowest BCUT2D eigenvalue weighted by atomic mass is 10.00. The van der Waals surface area contributed by atoms with Crippen molar-refractivity contribution < 1.29 is 14.9 Å². The Morgan fingerprint density at radius 3 is 2.50 bits per heavy atom. The van der Waals surface area contributed by atoms with Gasteiger partial charge in [-0.05, 0) is 5.92 Å². The largest absolute Gasteiger partial charge is 0.392 e. The molecule has 2 N–H and O–H groups in total. The molecule has 0 aromatic heterocycles.